The number of aromatic nitrogens is 4. The van der Waals surface area contributed by atoms with Crippen molar-refractivity contribution in [2.45, 2.75) is 105 Å². The fraction of sp³-hybridized carbons (Fsp3) is 0.425. The number of carbonyl (C=O) groups is 1. The van der Waals surface area contributed by atoms with Crippen molar-refractivity contribution >= 4 is 58.4 Å². The van der Waals surface area contributed by atoms with E-state index in [1.807, 2.05) is 6.08 Å². The summed E-state index contributed by atoms with van der Waals surface area (Å²) in [5.41, 5.74) is 14.2. The smallest absolute Gasteiger partial charge is 0.330 e. The van der Waals surface area contributed by atoms with Crippen LogP contribution in [-0.2, 0) is 35.2 Å². The minimum Gasteiger partial charge on any atom is -0.466 e. The molecule has 2 aliphatic rings. The van der Waals surface area contributed by atoms with Crippen molar-refractivity contribution in [3.05, 3.63) is 74.9 Å². The van der Waals surface area contributed by atoms with E-state index in [-0.39, 0.29) is 5.97 Å². The molecule has 0 fully saturated rings. The first kappa shape index (κ1) is 33.2. The Bertz CT molecular complexity index is 1800. The number of aryl methyl sites for hydroxylation is 4. The maximum atomic E-state index is 12.2. The van der Waals surface area contributed by atoms with Gasteiger partial charge >= 0.3 is 5.97 Å². The number of H-pyrrole nitrogens is 2. The van der Waals surface area contributed by atoms with Gasteiger partial charge < -0.3 is 14.7 Å². The van der Waals surface area contributed by atoms with E-state index in [2.05, 4.69) is 80.2 Å². The molecule has 46 heavy (non-hydrogen) atoms. The number of nitrogens with one attached hydrogen (secondary N) is 2. The molecule has 5 rings (SSSR count). The van der Waals surface area contributed by atoms with Crippen molar-refractivity contribution in [1.29, 1.82) is 0 Å². The third-order valence-corrected chi connectivity index (χ3v) is 9.05. The summed E-state index contributed by atoms with van der Waals surface area (Å²) in [4.78, 5) is 30.5. The molecule has 8 bridgehead atoms. The lowest BCUT2D eigenvalue weighted by atomic mass is 10.0. The summed E-state index contributed by atoms with van der Waals surface area (Å²) >= 11 is 0. The molecular formula is C40H50N4O2. The molecule has 2 aliphatic heterocycles. The molecule has 2 N–H and O–H groups in total. The van der Waals surface area contributed by atoms with E-state index in [1.165, 1.54) is 35.4 Å². The van der Waals surface area contributed by atoms with Gasteiger partial charge in [-0.25, -0.2) is 14.8 Å². The van der Waals surface area contributed by atoms with Gasteiger partial charge in [-0.1, -0.05) is 53.4 Å². The van der Waals surface area contributed by atoms with Crippen LogP contribution < -0.4 is 0 Å². The highest BCUT2D eigenvalue weighted by Crippen LogP contribution is 2.31. The van der Waals surface area contributed by atoms with Gasteiger partial charge in [0.2, 0.25) is 0 Å². The number of aromatic amines is 2. The fourth-order valence-electron chi connectivity index (χ4n) is 6.38. The van der Waals surface area contributed by atoms with Crippen LogP contribution in [0, 0.1) is 0 Å². The van der Waals surface area contributed by atoms with Gasteiger partial charge in [0.05, 0.1) is 35.4 Å². The zero-order valence-corrected chi connectivity index (χ0v) is 28.4. The normalized spacial score (nSPS) is 12.5. The lowest BCUT2D eigenvalue weighted by Crippen LogP contribution is -1.96. The summed E-state index contributed by atoms with van der Waals surface area (Å²) in [5.74, 6) is -0.371. The Kier molecular flexibility index (Phi) is 11.5. The molecule has 242 valence electrons. The molecular weight excluding hydrogens is 568 g/mol. The van der Waals surface area contributed by atoms with Crippen molar-refractivity contribution < 1.29 is 9.53 Å². The molecule has 3 aromatic rings. The van der Waals surface area contributed by atoms with Crippen molar-refractivity contribution in [2.75, 3.05) is 7.11 Å². The van der Waals surface area contributed by atoms with Gasteiger partial charge in [0, 0.05) is 50.4 Å². The summed E-state index contributed by atoms with van der Waals surface area (Å²) in [6, 6.07) is 6.65. The first-order valence-corrected chi connectivity index (χ1v) is 17.4. The maximum absolute atomic E-state index is 12.2. The van der Waals surface area contributed by atoms with Gasteiger partial charge in [-0.2, -0.15) is 0 Å². The average Bonchev–Trinajstić information content (AvgIpc) is 3.89. The quantitative estimate of drug-likeness (QED) is 0.0958. The zero-order valence-electron chi connectivity index (χ0n) is 28.4. The van der Waals surface area contributed by atoms with E-state index < -0.39 is 0 Å². The second-order valence-corrected chi connectivity index (χ2v) is 12.4. The molecule has 0 aromatic carbocycles. The van der Waals surface area contributed by atoms with Gasteiger partial charge in [-0.3, -0.25) is 0 Å². The Hall–Kier alpha value is -4.19. The molecule has 6 nitrogen and oxygen atoms in total. The number of rotatable bonds is 14. The number of carbonyl (C=O) groups excluding carboxylic acids is 1. The minimum absolute atomic E-state index is 0.371. The second kappa shape index (κ2) is 15.9. The Morgan fingerprint density at radius 1 is 0.652 bits per heavy atom. The molecule has 5 heterocycles. The Balaban J connectivity index is 1.95. The van der Waals surface area contributed by atoms with E-state index in [0.29, 0.717) is 0 Å². The Morgan fingerprint density at radius 2 is 1.09 bits per heavy atom. The van der Waals surface area contributed by atoms with Crippen LogP contribution >= 0.6 is 0 Å². The first-order valence-electron chi connectivity index (χ1n) is 17.4. The Morgan fingerprint density at radius 3 is 1.54 bits per heavy atom. The second-order valence-electron chi connectivity index (χ2n) is 12.4. The summed E-state index contributed by atoms with van der Waals surface area (Å²) in [5, 5.41) is 0. The standard InChI is InChI=1S/C40H50N4O2/c1-6-10-14-28-32-19-20-33(41-32)29(15-11-7-2)35-23-24-37(43-35)31(17-13-9-4)40-27(18-25-39(45)46-5)26-38(44-40)30(16-12-8-3)36-22-21-34(28)42-36/h18-26,41,44H,6-17H2,1-5H3/b25-18-,32-28?,33-29?,34-28?,35-29?,36-30?,37-31?,38-30?,40-31?. The first-order chi connectivity index (χ1) is 22.5. The lowest BCUT2D eigenvalue weighted by Gasteiger charge is -2.06. The van der Waals surface area contributed by atoms with Gasteiger partial charge in [-0.15, -0.1) is 0 Å². The lowest BCUT2D eigenvalue weighted by molar-refractivity contribution is -0.134. The van der Waals surface area contributed by atoms with Gasteiger partial charge in [0.1, 0.15) is 0 Å². The summed E-state index contributed by atoms with van der Waals surface area (Å²) in [7, 11) is 1.41. The molecule has 0 aliphatic carbocycles. The van der Waals surface area contributed by atoms with Gasteiger partial charge in [-0.05, 0) is 99.9 Å². The van der Waals surface area contributed by atoms with Crippen molar-refractivity contribution in [3.63, 3.8) is 0 Å². The van der Waals surface area contributed by atoms with E-state index in [9.17, 15) is 4.79 Å². The molecule has 0 saturated carbocycles. The molecule has 0 spiro atoms. The molecule has 0 radical (unpaired) electrons. The predicted molar refractivity (Wildman–Crippen MR) is 194 cm³/mol. The number of unbranched alkanes of at least 4 members (excludes halogenated alkanes) is 4. The van der Waals surface area contributed by atoms with Crippen LogP contribution in [0.5, 0.6) is 0 Å². The number of hydrogen-bond donors (Lipinski definition) is 2. The predicted octanol–water partition coefficient (Wildman–Crippen LogP) is 10.2. The molecule has 0 atom stereocenters. The van der Waals surface area contributed by atoms with Crippen LogP contribution in [0.15, 0.2) is 24.3 Å². The molecule has 0 unspecified atom stereocenters. The van der Waals surface area contributed by atoms with Crippen LogP contribution in [0.25, 0.3) is 52.4 Å². The Labute approximate surface area is 274 Å². The SMILES string of the molecule is CCCCc1c2nc(c(CCCC)c3cc(/C=C\C(=O)OC)c([nH]3)c(CCCC)c3nc(c(CCCC)c4ccc1[nH]4)C=C3)C=C2. The fourth-order valence-corrected chi connectivity index (χ4v) is 6.38. The third-order valence-electron chi connectivity index (χ3n) is 9.05. The van der Waals surface area contributed by atoms with Crippen LogP contribution in [0.4, 0.5) is 0 Å². The molecule has 0 saturated heterocycles. The van der Waals surface area contributed by atoms with E-state index in [1.54, 1.807) is 0 Å². The van der Waals surface area contributed by atoms with Crippen LogP contribution in [0.2, 0.25) is 0 Å². The highest BCUT2D eigenvalue weighted by Gasteiger charge is 2.17. The highest BCUT2D eigenvalue weighted by molar-refractivity contribution is 5.92. The number of hydrogen-bond acceptors (Lipinski definition) is 4. The molecule has 6 heteroatoms. The number of nitrogens with zero attached hydrogens (tertiary/aromatic N) is 2. The zero-order chi connectivity index (χ0) is 32.5. The number of methoxy groups -OCH3 is 1. The summed E-state index contributed by atoms with van der Waals surface area (Å²) in [6.07, 6.45) is 24.5. The third kappa shape index (κ3) is 7.43. The monoisotopic (exact) mass is 618 g/mol. The highest BCUT2D eigenvalue weighted by atomic mass is 16.5. The minimum atomic E-state index is -0.371. The summed E-state index contributed by atoms with van der Waals surface area (Å²) in [6.45, 7) is 8.93. The van der Waals surface area contributed by atoms with E-state index >= 15 is 0 Å². The van der Waals surface area contributed by atoms with Crippen molar-refractivity contribution in [1.82, 2.24) is 19.9 Å². The number of fused-ring (bicyclic) bond motifs is 8. The average molecular weight is 619 g/mol. The maximum Gasteiger partial charge on any atom is 0.330 e. The number of esters is 1. The molecule has 3 aromatic heterocycles. The molecule has 0 amide bonds. The largest absolute Gasteiger partial charge is 0.466 e. The van der Waals surface area contributed by atoms with E-state index in [0.717, 1.165) is 127 Å². The van der Waals surface area contributed by atoms with E-state index in [4.69, 9.17) is 14.7 Å². The topological polar surface area (TPSA) is 83.7 Å². The van der Waals surface area contributed by atoms with Crippen LogP contribution in [-0.4, -0.2) is 33.0 Å². The van der Waals surface area contributed by atoms with Crippen LogP contribution in [0.1, 0.15) is 130 Å². The van der Waals surface area contributed by atoms with Crippen molar-refractivity contribution in [2.24, 2.45) is 0 Å². The van der Waals surface area contributed by atoms with Gasteiger partial charge in [0.15, 0.2) is 0 Å². The summed E-state index contributed by atoms with van der Waals surface area (Å²) < 4.78 is 4.96. The van der Waals surface area contributed by atoms with Crippen LogP contribution in [0.3, 0.4) is 0 Å². The van der Waals surface area contributed by atoms with Gasteiger partial charge in [0.25, 0.3) is 0 Å². The van der Waals surface area contributed by atoms with Crippen molar-refractivity contribution in [3.8, 4) is 0 Å². The number of ether oxygens (including phenoxy) is 1.